The maximum absolute atomic E-state index is 14.1. The number of nitrogens with zero attached hydrogens (tertiary/aromatic N) is 3. The zero-order valence-electron chi connectivity index (χ0n) is 22.1. The van der Waals surface area contributed by atoms with Crippen LogP contribution in [0.5, 0.6) is 5.75 Å². The van der Waals surface area contributed by atoms with E-state index >= 15 is 0 Å². The van der Waals surface area contributed by atoms with E-state index in [1.54, 1.807) is 12.1 Å². The van der Waals surface area contributed by atoms with Crippen LogP contribution < -0.4 is 20.5 Å². The Morgan fingerprint density at radius 2 is 1.88 bits per heavy atom. The lowest BCUT2D eigenvalue weighted by Gasteiger charge is -2.46. The summed E-state index contributed by atoms with van der Waals surface area (Å²) >= 11 is 0. The zero-order chi connectivity index (χ0) is 28.6. The van der Waals surface area contributed by atoms with Gasteiger partial charge in [-0.3, -0.25) is 24.1 Å². The van der Waals surface area contributed by atoms with Crippen molar-refractivity contribution in [2.75, 3.05) is 18.2 Å². The molecule has 0 saturated carbocycles. The molecule has 2 aromatic carbocycles. The third-order valence-electron chi connectivity index (χ3n) is 7.44. The number of carbonyl (C=O) groups excluding carboxylic acids is 2. The first-order chi connectivity index (χ1) is 19.1. The van der Waals surface area contributed by atoms with Crippen LogP contribution >= 0.6 is 0 Å². The average molecular weight is 553 g/mol. The molecule has 2 aliphatic heterocycles. The van der Waals surface area contributed by atoms with Gasteiger partial charge in [0.25, 0.3) is 11.8 Å². The maximum atomic E-state index is 14.1. The molecule has 2 amide bonds. The van der Waals surface area contributed by atoms with E-state index in [4.69, 9.17) is 4.74 Å². The van der Waals surface area contributed by atoms with Crippen molar-refractivity contribution in [3.8, 4) is 5.75 Å². The van der Waals surface area contributed by atoms with E-state index in [1.807, 2.05) is 37.1 Å². The lowest BCUT2D eigenvalue weighted by molar-refractivity contribution is 0.0292. The average Bonchev–Trinajstić information content (AvgIpc) is 2.93. The van der Waals surface area contributed by atoms with E-state index < -0.39 is 35.0 Å². The molecule has 0 radical (unpaired) electrons. The molecule has 210 valence electrons. The number of aliphatic hydroxyl groups is 1. The monoisotopic (exact) mass is 552 g/mol. The van der Waals surface area contributed by atoms with Crippen molar-refractivity contribution < 1.29 is 28.2 Å². The van der Waals surface area contributed by atoms with Crippen LogP contribution in [0.1, 0.15) is 52.2 Å². The first-order valence-corrected chi connectivity index (χ1v) is 13.1. The Hall–Kier alpha value is -4.25. The van der Waals surface area contributed by atoms with Gasteiger partial charge in [-0.25, -0.2) is 8.78 Å². The molecular weight excluding hydrogens is 522 g/mol. The SMILES string of the molecule is C[C@@H]1C[C@H](C)[C@H](O)CN2CN1n1cc(C(=O)NCc3ccc(F)cc3F)c(=O)c(OCc3ccccc3)c1C2=O. The molecule has 2 aliphatic rings. The highest BCUT2D eigenvalue weighted by molar-refractivity contribution is 5.99. The van der Waals surface area contributed by atoms with Crippen molar-refractivity contribution in [3.63, 3.8) is 0 Å². The molecule has 1 saturated heterocycles. The van der Waals surface area contributed by atoms with Crippen LogP contribution in [0.15, 0.2) is 59.5 Å². The number of hydrogen-bond donors (Lipinski definition) is 2. The highest BCUT2D eigenvalue weighted by Crippen LogP contribution is 2.29. The Labute approximate surface area is 229 Å². The fourth-order valence-electron chi connectivity index (χ4n) is 5.11. The van der Waals surface area contributed by atoms with E-state index in [0.29, 0.717) is 12.5 Å². The predicted octanol–water partition coefficient (Wildman–Crippen LogP) is 2.78. The second-order valence-electron chi connectivity index (χ2n) is 10.3. The Balaban J connectivity index is 1.56. The van der Waals surface area contributed by atoms with Gasteiger partial charge in [0.1, 0.15) is 30.5 Å². The summed E-state index contributed by atoms with van der Waals surface area (Å²) in [6.45, 7) is 3.75. The summed E-state index contributed by atoms with van der Waals surface area (Å²) in [5.74, 6) is -3.27. The van der Waals surface area contributed by atoms with Crippen LogP contribution in [0.4, 0.5) is 8.78 Å². The molecular formula is C29H30F2N4O5. The third kappa shape index (κ3) is 5.29. The summed E-state index contributed by atoms with van der Waals surface area (Å²) in [4.78, 5) is 42.1. The van der Waals surface area contributed by atoms with Crippen molar-refractivity contribution in [1.82, 2.24) is 14.9 Å². The Morgan fingerprint density at radius 1 is 1.12 bits per heavy atom. The second-order valence-corrected chi connectivity index (χ2v) is 10.3. The zero-order valence-corrected chi connectivity index (χ0v) is 22.1. The van der Waals surface area contributed by atoms with Gasteiger partial charge in [0.05, 0.1) is 6.10 Å². The van der Waals surface area contributed by atoms with Gasteiger partial charge in [-0.1, -0.05) is 43.3 Å². The summed E-state index contributed by atoms with van der Waals surface area (Å²) in [6.07, 6.45) is 1.16. The Kier molecular flexibility index (Phi) is 7.57. The van der Waals surface area contributed by atoms with Crippen LogP contribution in [0, 0.1) is 17.6 Å². The van der Waals surface area contributed by atoms with Gasteiger partial charge in [0.15, 0.2) is 11.4 Å². The smallest absolute Gasteiger partial charge is 0.277 e. The number of pyridine rings is 1. The molecule has 0 aliphatic carbocycles. The lowest BCUT2D eigenvalue weighted by Crippen LogP contribution is -2.61. The predicted molar refractivity (Wildman–Crippen MR) is 142 cm³/mol. The number of nitrogens with one attached hydrogen (secondary N) is 1. The third-order valence-corrected chi connectivity index (χ3v) is 7.44. The van der Waals surface area contributed by atoms with Crippen molar-refractivity contribution >= 4 is 11.8 Å². The van der Waals surface area contributed by atoms with Crippen LogP contribution in [0.3, 0.4) is 0 Å². The van der Waals surface area contributed by atoms with E-state index in [1.165, 1.54) is 21.8 Å². The quantitative estimate of drug-likeness (QED) is 0.488. The van der Waals surface area contributed by atoms with Gasteiger partial charge >= 0.3 is 0 Å². The minimum absolute atomic E-state index is 0.0303. The number of hydrogen-bond acceptors (Lipinski definition) is 6. The summed E-state index contributed by atoms with van der Waals surface area (Å²) < 4.78 is 34.9. The summed E-state index contributed by atoms with van der Waals surface area (Å²) in [6, 6.07) is 11.9. The van der Waals surface area contributed by atoms with Gasteiger partial charge in [0.2, 0.25) is 5.43 Å². The van der Waals surface area contributed by atoms with Crippen molar-refractivity contribution in [3.05, 3.63) is 99.0 Å². The van der Waals surface area contributed by atoms with Gasteiger partial charge in [-0.15, -0.1) is 0 Å². The number of benzene rings is 2. The van der Waals surface area contributed by atoms with Crippen LogP contribution in [0.2, 0.25) is 0 Å². The van der Waals surface area contributed by atoms with E-state index in [9.17, 15) is 28.3 Å². The Bertz CT molecular complexity index is 1500. The number of aliphatic hydroxyl groups excluding tert-OH is 1. The van der Waals surface area contributed by atoms with Gasteiger partial charge in [0, 0.05) is 37.0 Å². The molecule has 2 N–H and O–H groups in total. The highest BCUT2D eigenvalue weighted by atomic mass is 19.1. The van der Waals surface area contributed by atoms with E-state index in [-0.39, 0.29) is 60.9 Å². The number of amides is 2. The molecule has 3 aromatic rings. The number of rotatable bonds is 6. The number of fused-ring (bicyclic) bond motifs is 4. The van der Waals surface area contributed by atoms with Crippen LogP contribution in [-0.4, -0.2) is 51.9 Å². The minimum Gasteiger partial charge on any atom is -0.482 e. The van der Waals surface area contributed by atoms with Gasteiger partial charge in [-0.05, 0) is 30.9 Å². The fourth-order valence-corrected chi connectivity index (χ4v) is 5.11. The van der Waals surface area contributed by atoms with E-state index in [2.05, 4.69) is 5.32 Å². The van der Waals surface area contributed by atoms with E-state index in [0.717, 1.165) is 11.6 Å². The molecule has 5 rings (SSSR count). The molecule has 0 unspecified atom stereocenters. The number of carbonyl (C=O) groups is 2. The first kappa shape index (κ1) is 27.3. The summed E-state index contributed by atoms with van der Waals surface area (Å²) in [5, 5.41) is 15.0. The highest BCUT2D eigenvalue weighted by Gasteiger charge is 2.40. The fraction of sp³-hybridized carbons (Fsp3) is 0.345. The van der Waals surface area contributed by atoms with Crippen LogP contribution in [0.25, 0.3) is 0 Å². The van der Waals surface area contributed by atoms with Crippen molar-refractivity contribution in [2.45, 2.75) is 45.6 Å². The Morgan fingerprint density at radius 3 is 2.60 bits per heavy atom. The molecule has 2 bridgehead atoms. The standard InChI is InChI=1S/C29H30F2N4O5/c1-17-10-18(2)35-16-33(14-24(17)36)29(39)25-27(40-15-19-6-4-3-5-7-19)26(37)22(13-34(25)35)28(38)32-12-20-8-9-21(30)11-23(20)31/h3-9,11,13,17-18,24,36H,10,12,14-16H2,1-2H3,(H,32,38)/t17-,18+,24+/m0/s1. The summed E-state index contributed by atoms with van der Waals surface area (Å²) in [5.41, 5.74) is -0.338. The normalized spacial score (nSPS) is 20.4. The first-order valence-electron chi connectivity index (χ1n) is 13.1. The molecule has 0 spiro atoms. The lowest BCUT2D eigenvalue weighted by atomic mass is 9.94. The molecule has 11 heteroatoms. The van der Waals surface area contributed by atoms with Crippen LogP contribution in [-0.2, 0) is 13.2 Å². The maximum Gasteiger partial charge on any atom is 0.277 e. The number of aromatic nitrogens is 1. The molecule has 3 atom stereocenters. The van der Waals surface area contributed by atoms with Crippen molar-refractivity contribution in [2.24, 2.45) is 5.92 Å². The molecule has 9 nitrogen and oxygen atoms in total. The largest absolute Gasteiger partial charge is 0.482 e. The number of ether oxygens (including phenoxy) is 1. The summed E-state index contributed by atoms with van der Waals surface area (Å²) in [7, 11) is 0. The van der Waals surface area contributed by atoms with Gasteiger partial charge in [-0.2, -0.15) is 0 Å². The molecule has 1 fully saturated rings. The molecule has 40 heavy (non-hydrogen) atoms. The second kappa shape index (κ2) is 11.1. The molecule has 3 heterocycles. The molecule has 1 aromatic heterocycles. The van der Waals surface area contributed by atoms with Gasteiger partial charge < -0.3 is 20.1 Å². The minimum atomic E-state index is -0.828. The number of halogens is 2. The van der Waals surface area contributed by atoms with Crippen molar-refractivity contribution in [1.29, 1.82) is 0 Å². The topological polar surface area (TPSA) is 104 Å².